The molecule has 1 unspecified atom stereocenters. The predicted octanol–water partition coefficient (Wildman–Crippen LogP) is 6.57. The molecular weight excluding hydrogens is 510 g/mol. The Labute approximate surface area is 243 Å². The lowest BCUT2D eigenvalue weighted by Crippen LogP contribution is -2.53. The Morgan fingerprint density at radius 2 is 1.73 bits per heavy atom. The molecule has 6 rings (SSSR count). The fourth-order valence-corrected chi connectivity index (χ4v) is 7.64. The van der Waals surface area contributed by atoms with Crippen molar-refractivity contribution in [3.63, 3.8) is 0 Å². The monoisotopic (exact) mass is 555 g/mol. The van der Waals surface area contributed by atoms with Crippen LogP contribution in [0.1, 0.15) is 99.5 Å². The first-order valence-electron chi connectivity index (χ1n) is 16.0. The van der Waals surface area contributed by atoms with Gasteiger partial charge in [0.05, 0.1) is 0 Å². The topological polar surface area (TPSA) is 90.1 Å². The van der Waals surface area contributed by atoms with Gasteiger partial charge in [-0.15, -0.1) is 0 Å². The standard InChI is InChI=1S/C34H45N5O2/c40-32(30-23-26-24-35-20-14-28(26)37-30)36-19-10-7-11-25-15-21-39(22-16-25)33(41)31-34(17-8-3-1-2-4-9-18-34)27-12-5-6-13-29(27)38-31/h5-6,12-14,20,23-25,31,37-38H,1-4,7-11,15-19,21-22H2,(H,36,40). The van der Waals surface area contributed by atoms with Gasteiger partial charge >= 0.3 is 0 Å². The smallest absolute Gasteiger partial charge is 0.267 e. The molecule has 1 aromatic carbocycles. The number of nitrogens with one attached hydrogen (secondary N) is 3. The molecule has 2 fully saturated rings. The summed E-state index contributed by atoms with van der Waals surface area (Å²) >= 11 is 0. The van der Waals surface area contributed by atoms with E-state index in [0.29, 0.717) is 24.1 Å². The number of carbonyl (C=O) groups is 2. The molecule has 7 heteroatoms. The number of piperidine rings is 1. The number of H-pyrrole nitrogens is 1. The van der Waals surface area contributed by atoms with E-state index in [9.17, 15) is 9.59 Å². The normalized spacial score (nSPS) is 21.1. The second-order valence-electron chi connectivity index (χ2n) is 12.6. The number of hydrogen-bond donors (Lipinski definition) is 3. The molecule has 41 heavy (non-hydrogen) atoms. The average Bonchev–Trinajstić information content (AvgIpc) is 3.61. The molecule has 218 valence electrons. The van der Waals surface area contributed by atoms with Crippen LogP contribution in [0.4, 0.5) is 5.69 Å². The number of unbranched alkanes of at least 4 members (excludes halogenated alkanes) is 1. The van der Waals surface area contributed by atoms with Crippen molar-refractivity contribution in [2.45, 2.75) is 94.9 Å². The van der Waals surface area contributed by atoms with E-state index < -0.39 is 0 Å². The highest BCUT2D eigenvalue weighted by atomic mass is 16.2. The van der Waals surface area contributed by atoms with Crippen LogP contribution in [0, 0.1) is 5.92 Å². The number of aromatic amines is 1. The van der Waals surface area contributed by atoms with Gasteiger partial charge in [0.15, 0.2) is 0 Å². The van der Waals surface area contributed by atoms with Gasteiger partial charge in [-0.3, -0.25) is 14.6 Å². The quantitative estimate of drug-likeness (QED) is 0.288. The molecule has 3 aromatic rings. The lowest BCUT2D eigenvalue weighted by Gasteiger charge is -2.40. The van der Waals surface area contributed by atoms with Crippen LogP contribution >= 0.6 is 0 Å². The summed E-state index contributed by atoms with van der Waals surface area (Å²) in [5.41, 5.74) is 4.00. The van der Waals surface area contributed by atoms with Gasteiger partial charge in [0.25, 0.3) is 5.91 Å². The van der Waals surface area contributed by atoms with Crippen LogP contribution in [0.3, 0.4) is 0 Å². The van der Waals surface area contributed by atoms with Crippen LogP contribution < -0.4 is 10.6 Å². The van der Waals surface area contributed by atoms with E-state index in [1.807, 2.05) is 12.1 Å². The highest BCUT2D eigenvalue weighted by Gasteiger charge is 2.50. The van der Waals surface area contributed by atoms with E-state index in [1.54, 1.807) is 12.4 Å². The number of rotatable bonds is 7. The van der Waals surface area contributed by atoms with Crippen molar-refractivity contribution in [3.8, 4) is 0 Å². The number of likely N-dealkylation sites (tertiary alicyclic amines) is 1. The number of hydrogen-bond acceptors (Lipinski definition) is 4. The number of pyridine rings is 1. The fourth-order valence-electron chi connectivity index (χ4n) is 7.64. The predicted molar refractivity (Wildman–Crippen MR) is 164 cm³/mol. The van der Waals surface area contributed by atoms with Crippen molar-refractivity contribution in [3.05, 3.63) is 60.0 Å². The molecule has 3 aliphatic rings. The number of amides is 2. The van der Waals surface area contributed by atoms with Gasteiger partial charge in [-0.25, -0.2) is 0 Å². The highest BCUT2D eigenvalue weighted by molar-refractivity contribution is 5.97. The van der Waals surface area contributed by atoms with Gasteiger partial charge in [-0.1, -0.05) is 69.6 Å². The third-order valence-corrected chi connectivity index (χ3v) is 9.98. The van der Waals surface area contributed by atoms with Crippen molar-refractivity contribution in [1.29, 1.82) is 0 Å². The van der Waals surface area contributed by atoms with E-state index in [-0.39, 0.29) is 17.4 Å². The van der Waals surface area contributed by atoms with E-state index >= 15 is 0 Å². The van der Waals surface area contributed by atoms with Crippen LogP contribution in [-0.4, -0.2) is 52.4 Å². The molecule has 2 amide bonds. The van der Waals surface area contributed by atoms with Crippen LogP contribution in [0.15, 0.2) is 48.8 Å². The van der Waals surface area contributed by atoms with Crippen LogP contribution in [0.5, 0.6) is 0 Å². The summed E-state index contributed by atoms with van der Waals surface area (Å²) in [6.45, 7) is 2.40. The number of aromatic nitrogens is 2. The maximum absolute atomic E-state index is 14.1. The number of anilines is 1. The minimum Gasteiger partial charge on any atom is -0.373 e. The van der Waals surface area contributed by atoms with Gasteiger partial charge in [0.1, 0.15) is 11.7 Å². The first-order valence-corrected chi connectivity index (χ1v) is 16.0. The number of nitrogens with zero attached hydrogens (tertiary/aromatic N) is 2. The van der Waals surface area contributed by atoms with E-state index in [4.69, 9.17) is 0 Å². The molecule has 3 N–H and O–H groups in total. The van der Waals surface area contributed by atoms with Gasteiger partial charge in [-0.05, 0) is 61.8 Å². The molecule has 2 aliphatic heterocycles. The minimum atomic E-state index is -0.133. The molecule has 1 aliphatic carbocycles. The zero-order chi connectivity index (χ0) is 28.1. The van der Waals surface area contributed by atoms with Crippen molar-refractivity contribution in [2.75, 3.05) is 25.0 Å². The van der Waals surface area contributed by atoms with Gasteiger partial charge < -0.3 is 20.5 Å². The van der Waals surface area contributed by atoms with E-state index in [0.717, 1.165) is 68.9 Å². The van der Waals surface area contributed by atoms with Crippen LogP contribution in [0.2, 0.25) is 0 Å². The molecule has 2 aromatic heterocycles. The number of para-hydroxylation sites is 1. The summed E-state index contributed by atoms with van der Waals surface area (Å²) in [7, 11) is 0. The molecule has 4 heterocycles. The summed E-state index contributed by atoms with van der Waals surface area (Å²) < 4.78 is 0. The number of carbonyl (C=O) groups excluding carboxylic acids is 2. The molecule has 1 saturated carbocycles. The van der Waals surface area contributed by atoms with E-state index in [1.165, 1.54) is 49.8 Å². The van der Waals surface area contributed by atoms with Crippen molar-refractivity contribution in [2.24, 2.45) is 5.92 Å². The first-order chi connectivity index (χ1) is 20.1. The third-order valence-electron chi connectivity index (χ3n) is 9.98. The zero-order valence-electron chi connectivity index (χ0n) is 24.3. The number of fused-ring (bicyclic) bond motifs is 3. The Kier molecular flexibility index (Phi) is 8.59. The fraction of sp³-hybridized carbons (Fsp3) is 0.559. The Hall–Kier alpha value is -3.35. The molecule has 7 nitrogen and oxygen atoms in total. The summed E-state index contributed by atoms with van der Waals surface area (Å²) in [5, 5.41) is 7.72. The average molecular weight is 556 g/mol. The largest absolute Gasteiger partial charge is 0.373 e. The lowest BCUT2D eigenvalue weighted by molar-refractivity contribution is -0.135. The summed E-state index contributed by atoms with van der Waals surface area (Å²) in [4.78, 5) is 36.0. The third kappa shape index (κ3) is 6.00. The summed E-state index contributed by atoms with van der Waals surface area (Å²) in [6, 6.07) is 12.3. The molecule has 1 saturated heterocycles. The van der Waals surface area contributed by atoms with Gasteiger partial charge in [-0.2, -0.15) is 0 Å². The second-order valence-corrected chi connectivity index (χ2v) is 12.6. The SMILES string of the molecule is O=C(NCCCCC1CCN(C(=O)C2Nc3ccccc3C23CCCCCCCC3)CC1)c1cc2cnccc2[nH]1. The van der Waals surface area contributed by atoms with E-state index in [2.05, 4.69) is 49.8 Å². The molecule has 1 spiro atoms. The van der Waals surface area contributed by atoms with Crippen molar-refractivity contribution >= 4 is 28.4 Å². The Balaban J connectivity index is 0.974. The summed E-state index contributed by atoms with van der Waals surface area (Å²) in [6.07, 6.45) is 18.7. The van der Waals surface area contributed by atoms with Crippen molar-refractivity contribution < 1.29 is 9.59 Å². The maximum Gasteiger partial charge on any atom is 0.267 e. The maximum atomic E-state index is 14.1. The first kappa shape index (κ1) is 27.8. The second kappa shape index (κ2) is 12.7. The lowest BCUT2D eigenvalue weighted by atomic mass is 9.69. The summed E-state index contributed by atoms with van der Waals surface area (Å²) in [5.74, 6) is 0.909. The van der Waals surface area contributed by atoms with Crippen LogP contribution in [-0.2, 0) is 10.2 Å². The van der Waals surface area contributed by atoms with Crippen LogP contribution in [0.25, 0.3) is 10.9 Å². The molecular formula is C34H45N5O2. The minimum absolute atomic E-state index is 0.0617. The molecule has 1 atom stereocenters. The zero-order valence-corrected chi connectivity index (χ0v) is 24.3. The van der Waals surface area contributed by atoms with Gasteiger partial charge in [0.2, 0.25) is 5.91 Å². The molecule has 0 radical (unpaired) electrons. The molecule has 0 bridgehead atoms. The Morgan fingerprint density at radius 3 is 2.51 bits per heavy atom. The Morgan fingerprint density at radius 1 is 0.976 bits per heavy atom. The number of benzene rings is 1. The van der Waals surface area contributed by atoms with Crippen molar-refractivity contribution in [1.82, 2.24) is 20.2 Å². The van der Waals surface area contributed by atoms with Gasteiger partial charge in [0, 0.05) is 54.0 Å². The highest BCUT2D eigenvalue weighted by Crippen LogP contribution is 2.49. The Bertz CT molecular complexity index is 1300.